The number of imidazole rings is 1. The molecule has 0 unspecified atom stereocenters. The van der Waals surface area contributed by atoms with Crippen LogP contribution < -0.4 is 9.30 Å². The van der Waals surface area contributed by atoms with Crippen molar-refractivity contribution in [1.29, 1.82) is 0 Å². The number of nitrogens with zero attached hydrogens (tertiary/aromatic N) is 2. The van der Waals surface area contributed by atoms with Crippen molar-refractivity contribution in [2.45, 2.75) is 26.9 Å². The van der Waals surface area contributed by atoms with Crippen LogP contribution in [0.1, 0.15) is 22.5 Å². The Morgan fingerprint density at radius 3 is 2.00 bits per heavy atom. The van der Waals surface area contributed by atoms with E-state index in [0.717, 1.165) is 18.8 Å². The number of ether oxygens (including phenoxy) is 1. The fourth-order valence-electron chi connectivity index (χ4n) is 2.82. The first kappa shape index (κ1) is 23.7. The zero-order chi connectivity index (χ0) is 22.6. The summed E-state index contributed by atoms with van der Waals surface area (Å²) in [5.74, 6) is 0.904. The summed E-state index contributed by atoms with van der Waals surface area (Å²) in [6, 6.07) is 18.8. The van der Waals surface area contributed by atoms with Crippen LogP contribution in [-0.2, 0) is 13.1 Å². The Kier molecular flexibility index (Phi) is 6.29. The first-order chi connectivity index (χ1) is 13.6. The van der Waals surface area contributed by atoms with Gasteiger partial charge in [0.2, 0.25) is 6.33 Å². The molecule has 3 rings (SSSR count). The van der Waals surface area contributed by atoms with E-state index >= 15 is 0 Å². The summed E-state index contributed by atoms with van der Waals surface area (Å²) in [4.78, 5) is 0. The summed E-state index contributed by atoms with van der Waals surface area (Å²) in [6.45, 7) is 6.11. The summed E-state index contributed by atoms with van der Waals surface area (Å²) in [5, 5.41) is 0. The van der Waals surface area contributed by atoms with E-state index in [1.54, 1.807) is 7.11 Å². The molecule has 0 atom stereocenters. The summed E-state index contributed by atoms with van der Waals surface area (Å²) in [6.07, 6.45) is 2.21. The fourth-order valence-corrected chi connectivity index (χ4v) is 2.82. The van der Waals surface area contributed by atoms with E-state index in [-0.39, 0.29) is 0 Å². The van der Waals surface area contributed by atoms with Gasteiger partial charge in [0.15, 0.2) is 0 Å². The molecule has 30 heavy (non-hydrogen) atoms. The van der Waals surface area contributed by atoms with E-state index in [2.05, 4.69) is 71.8 Å². The quantitative estimate of drug-likeness (QED) is 0.235. The molecule has 166 valence electrons. The molecular weight excluding hydrogens is 429 g/mol. The zero-order valence-electron chi connectivity index (χ0n) is 16.7. The van der Waals surface area contributed by atoms with Crippen molar-refractivity contribution in [2.75, 3.05) is 7.11 Å². The molecule has 0 aliphatic heterocycles. The maximum absolute atomic E-state index is 10.7. The third kappa shape index (κ3) is 8.86. The molecule has 3 nitrogen and oxygen atoms in total. The SMILES string of the molecule is COc1cccc(C[n+]2cn(Cc3ccccc3)c(C)c2C)c1.F[P-](F)(F)(F)(F)F. The van der Waals surface area contributed by atoms with Gasteiger partial charge in [0, 0.05) is 13.8 Å². The fraction of sp³-hybridized carbons (Fsp3) is 0.250. The second-order valence-corrected chi connectivity index (χ2v) is 8.75. The van der Waals surface area contributed by atoms with Crippen molar-refractivity contribution in [2.24, 2.45) is 0 Å². The second-order valence-electron chi connectivity index (χ2n) is 6.84. The number of hydrogen-bond donors (Lipinski definition) is 0. The van der Waals surface area contributed by atoms with E-state index < -0.39 is 7.81 Å². The molecule has 0 aliphatic carbocycles. The molecule has 0 fully saturated rings. The molecule has 10 heteroatoms. The first-order valence-electron chi connectivity index (χ1n) is 8.91. The van der Waals surface area contributed by atoms with E-state index in [1.807, 2.05) is 12.1 Å². The topological polar surface area (TPSA) is 18.0 Å². The summed E-state index contributed by atoms with van der Waals surface area (Å²) >= 11 is 0. The van der Waals surface area contributed by atoms with Gasteiger partial charge in [0.05, 0.1) is 7.11 Å². The van der Waals surface area contributed by atoms with Crippen LogP contribution in [0.15, 0.2) is 60.9 Å². The number of hydrogen-bond acceptors (Lipinski definition) is 1. The molecule has 3 aromatic rings. The Bertz CT molecular complexity index is 990. The first-order valence-corrected chi connectivity index (χ1v) is 10.9. The average Bonchev–Trinajstić information content (AvgIpc) is 2.88. The molecule has 2 aromatic carbocycles. The van der Waals surface area contributed by atoms with Gasteiger partial charge in [-0.1, -0.05) is 42.5 Å². The molecule has 0 saturated carbocycles. The molecule has 1 heterocycles. The van der Waals surface area contributed by atoms with Crippen LogP contribution in [0, 0.1) is 13.8 Å². The van der Waals surface area contributed by atoms with Crippen LogP contribution >= 0.6 is 7.81 Å². The van der Waals surface area contributed by atoms with E-state index in [4.69, 9.17) is 4.74 Å². The van der Waals surface area contributed by atoms with Gasteiger partial charge < -0.3 is 4.74 Å². The van der Waals surface area contributed by atoms with Crippen molar-refractivity contribution in [1.82, 2.24) is 4.57 Å². The van der Waals surface area contributed by atoms with Gasteiger partial charge in [-0.25, -0.2) is 9.13 Å². The minimum atomic E-state index is -10.7. The Hall–Kier alpha value is -2.54. The van der Waals surface area contributed by atoms with Crippen LogP contribution in [0.25, 0.3) is 0 Å². The van der Waals surface area contributed by atoms with Gasteiger partial charge in [-0.05, 0) is 23.3 Å². The van der Waals surface area contributed by atoms with Crippen molar-refractivity contribution in [3.8, 4) is 5.75 Å². The summed E-state index contributed by atoms with van der Waals surface area (Å²) < 4.78 is 69.1. The molecule has 0 bridgehead atoms. The van der Waals surface area contributed by atoms with E-state index in [1.165, 1.54) is 22.5 Å². The van der Waals surface area contributed by atoms with Crippen LogP contribution in [-0.4, -0.2) is 11.7 Å². The second kappa shape index (κ2) is 7.95. The van der Waals surface area contributed by atoms with Crippen LogP contribution in [0.2, 0.25) is 0 Å². The van der Waals surface area contributed by atoms with Crippen molar-refractivity contribution < 1.29 is 34.5 Å². The number of rotatable bonds is 5. The molecule has 0 radical (unpaired) electrons. The number of benzene rings is 2. The van der Waals surface area contributed by atoms with Gasteiger partial charge >= 0.3 is 33.0 Å². The monoisotopic (exact) mass is 452 g/mol. The van der Waals surface area contributed by atoms with Crippen LogP contribution in [0.5, 0.6) is 5.75 Å². The Labute approximate surface area is 170 Å². The van der Waals surface area contributed by atoms with Gasteiger partial charge in [0.25, 0.3) is 0 Å². The van der Waals surface area contributed by atoms with Crippen LogP contribution in [0.4, 0.5) is 25.2 Å². The third-order valence-electron chi connectivity index (χ3n) is 4.35. The van der Waals surface area contributed by atoms with Gasteiger partial charge in [-0.15, -0.1) is 0 Å². The molecule has 0 N–H and O–H groups in total. The normalized spacial score (nSPS) is 13.6. The predicted octanol–water partition coefficient (Wildman–Crippen LogP) is 6.88. The van der Waals surface area contributed by atoms with E-state index in [0.29, 0.717) is 0 Å². The number of aromatic nitrogens is 2. The third-order valence-corrected chi connectivity index (χ3v) is 4.35. The molecular formula is C20H23F6N2OP. The van der Waals surface area contributed by atoms with Crippen molar-refractivity contribution >= 4 is 7.81 Å². The van der Waals surface area contributed by atoms with Gasteiger partial charge in [0.1, 0.15) is 30.2 Å². The minimum absolute atomic E-state index is 0.853. The van der Waals surface area contributed by atoms with Gasteiger partial charge in [-0.3, -0.25) is 0 Å². The van der Waals surface area contributed by atoms with Crippen molar-refractivity contribution in [3.05, 3.63) is 83.4 Å². The summed E-state index contributed by atoms with van der Waals surface area (Å²) in [5.41, 5.74) is 5.16. The Balaban J connectivity index is 0.000000396. The number of methoxy groups -OCH3 is 1. The van der Waals surface area contributed by atoms with E-state index in [9.17, 15) is 25.2 Å². The van der Waals surface area contributed by atoms with Crippen molar-refractivity contribution in [3.63, 3.8) is 0 Å². The van der Waals surface area contributed by atoms with Gasteiger partial charge in [-0.2, -0.15) is 0 Å². The predicted molar refractivity (Wildman–Crippen MR) is 105 cm³/mol. The zero-order valence-corrected chi connectivity index (χ0v) is 17.6. The summed E-state index contributed by atoms with van der Waals surface area (Å²) in [7, 11) is -8.95. The number of halogens is 6. The molecule has 0 aliphatic rings. The molecule has 0 saturated heterocycles. The Morgan fingerprint density at radius 1 is 0.867 bits per heavy atom. The Morgan fingerprint density at radius 2 is 1.43 bits per heavy atom. The van der Waals surface area contributed by atoms with Crippen LogP contribution in [0.3, 0.4) is 0 Å². The standard InChI is InChI=1S/C20H23N2O.F6P/c1-16-17(2)22(14-19-10-7-11-20(12-19)23-3)15-21(16)13-18-8-5-4-6-9-18;1-7(2,3,4,5)6/h4-12,15H,13-14H2,1-3H3;/q+1;-1. The molecule has 0 spiro atoms. The average molecular weight is 452 g/mol. The maximum atomic E-state index is 9.87. The molecule has 0 amide bonds. The molecule has 1 aromatic heterocycles.